The molecule has 1 spiro atoms. The van der Waals surface area contributed by atoms with Crippen molar-refractivity contribution >= 4 is 29.1 Å². The number of rotatable bonds is 6. The number of fused-ring (bicyclic) bond motifs is 2. The molecular weight excluding hydrogens is 450 g/mol. The third-order valence-electron chi connectivity index (χ3n) is 7.02. The second-order valence-corrected chi connectivity index (χ2v) is 9.44. The van der Waals surface area contributed by atoms with Crippen molar-refractivity contribution in [3.8, 4) is 0 Å². The number of morpholine rings is 1. The molecule has 2 aromatic rings. The van der Waals surface area contributed by atoms with Crippen LogP contribution in [0.1, 0.15) is 54.6 Å². The Balaban J connectivity index is 1.32. The monoisotopic (exact) mass is 481 g/mol. The SMILES string of the molecule is Cc1cc(Nc2cc(NC(=O)CCN3CCOCC3)ncn2)c(=O)n2c1C(=O)NC21CCCCC1. The summed E-state index contributed by atoms with van der Waals surface area (Å²) in [5.74, 6) is 0.402. The van der Waals surface area contributed by atoms with E-state index in [-0.39, 0.29) is 17.4 Å². The maximum Gasteiger partial charge on any atom is 0.276 e. The molecule has 35 heavy (non-hydrogen) atoms. The Morgan fingerprint density at radius 3 is 2.63 bits per heavy atom. The maximum absolute atomic E-state index is 13.5. The second-order valence-electron chi connectivity index (χ2n) is 9.44. The van der Waals surface area contributed by atoms with Crippen LogP contribution in [0.25, 0.3) is 0 Å². The Bertz CT molecular complexity index is 1180. The number of nitrogens with zero attached hydrogens (tertiary/aromatic N) is 4. The maximum atomic E-state index is 13.5. The zero-order valence-corrected chi connectivity index (χ0v) is 19.9. The molecular formula is C24H31N7O4. The van der Waals surface area contributed by atoms with Gasteiger partial charge in [0.1, 0.15) is 35.0 Å². The van der Waals surface area contributed by atoms with Gasteiger partial charge in [-0.1, -0.05) is 6.42 Å². The van der Waals surface area contributed by atoms with Crippen molar-refractivity contribution in [1.82, 2.24) is 24.8 Å². The highest BCUT2D eigenvalue weighted by Crippen LogP contribution is 2.37. The van der Waals surface area contributed by atoms with Gasteiger partial charge in [-0.05, 0) is 44.2 Å². The van der Waals surface area contributed by atoms with E-state index in [1.807, 2.05) is 6.92 Å². The molecule has 2 aromatic heterocycles. The lowest BCUT2D eigenvalue weighted by molar-refractivity contribution is -0.116. The average Bonchev–Trinajstić information content (AvgIpc) is 3.14. The lowest BCUT2D eigenvalue weighted by Gasteiger charge is -2.35. The fourth-order valence-corrected chi connectivity index (χ4v) is 5.26. The highest BCUT2D eigenvalue weighted by atomic mass is 16.5. The van der Waals surface area contributed by atoms with Crippen LogP contribution in [-0.4, -0.2) is 64.1 Å². The van der Waals surface area contributed by atoms with Crippen LogP contribution in [0.15, 0.2) is 23.3 Å². The summed E-state index contributed by atoms with van der Waals surface area (Å²) in [4.78, 5) is 49.2. The van der Waals surface area contributed by atoms with Crippen molar-refractivity contribution in [3.63, 3.8) is 0 Å². The van der Waals surface area contributed by atoms with Crippen LogP contribution in [0.2, 0.25) is 0 Å². The Hall–Kier alpha value is -3.31. The molecule has 2 amide bonds. The zero-order valence-electron chi connectivity index (χ0n) is 19.9. The summed E-state index contributed by atoms with van der Waals surface area (Å²) >= 11 is 0. The quantitative estimate of drug-likeness (QED) is 0.569. The summed E-state index contributed by atoms with van der Waals surface area (Å²) in [5.41, 5.74) is 0.558. The molecule has 1 aliphatic carbocycles. The van der Waals surface area contributed by atoms with E-state index in [2.05, 4.69) is 30.8 Å². The van der Waals surface area contributed by atoms with Crippen molar-refractivity contribution in [1.29, 1.82) is 0 Å². The molecule has 3 aliphatic rings. The molecule has 2 fully saturated rings. The minimum atomic E-state index is -0.657. The third-order valence-corrected chi connectivity index (χ3v) is 7.02. The Labute approximate surface area is 203 Å². The number of hydrogen-bond acceptors (Lipinski definition) is 8. The molecule has 1 saturated heterocycles. The first-order valence-electron chi connectivity index (χ1n) is 12.2. The van der Waals surface area contributed by atoms with Crippen LogP contribution in [-0.2, 0) is 15.2 Å². The van der Waals surface area contributed by atoms with E-state index in [4.69, 9.17) is 4.74 Å². The normalized spacial score (nSPS) is 19.3. The number of carbonyl (C=O) groups excluding carboxylic acids is 2. The van der Waals surface area contributed by atoms with Crippen molar-refractivity contribution in [2.45, 2.75) is 51.1 Å². The molecule has 11 nitrogen and oxygen atoms in total. The predicted octanol–water partition coefficient (Wildman–Crippen LogP) is 1.71. The minimum Gasteiger partial charge on any atom is -0.379 e. The van der Waals surface area contributed by atoms with E-state index >= 15 is 0 Å². The van der Waals surface area contributed by atoms with Crippen LogP contribution in [0.5, 0.6) is 0 Å². The molecule has 4 heterocycles. The van der Waals surface area contributed by atoms with Crippen LogP contribution < -0.4 is 21.5 Å². The minimum absolute atomic E-state index is 0.140. The topological polar surface area (TPSA) is 130 Å². The molecule has 0 bridgehead atoms. The first-order chi connectivity index (χ1) is 16.9. The number of amides is 2. The number of carbonyl (C=O) groups is 2. The van der Waals surface area contributed by atoms with Crippen LogP contribution in [0.4, 0.5) is 17.3 Å². The molecule has 2 aliphatic heterocycles. The van der Waals surface area contributed by atoms with E-state index in [1.54, 1.807) is 16.7 Å². The molecule has 1 saturated carbocycles. The smallest absolute Gasteiger partial charge is 0.276 e. The van der Waals surface area contributed by atoms with Gasteiger partial charge in [0.2, 0.25) is 5.91 Å². The third kappa shape index (κ3) is 4.78. The van der Waals surface area contributed by atoms with Gasteiger partial charge >= 0.3 is 0 Å². The van der Waals surface area contributed by atoms with Gasteiger partial charge < -0.3 is 20.7 Å². The number of aryl methyl sites for hydroxylation is 1. The van der Waals surface area contributed by atoms with Gasteiger partial charge in [-0.25, -0.2) is 9.97 Å². The summed E-state index contributed by atoms with van der Waals surface area (Å²) in [6.45, 7) is 5.52. The molecule has 5 rings (SSSR count). The van der Waals surface area contributed by atoms with Crippen LogP contribution in [0, 0.1) is 6.92 Å². The van der Waals surface area contributed by atoms with Gasteiger partial charge in [0.15, 0.2) is 0 Å². The summed E-state index contributed by atoms with van der Waals surface area (Å²) in [5, 5.41) is 8.97. The number of nitrogens with one attached hydrogen (secondary N) is 3. The predicted molar refractivity (Wildman–Crippen MR) is 130 cm³/mol. The summed E-state index contributed by atoms with van der Waals surface area (Å²) in [6.07, 6.45) is 6.19. The van der Waals surface area contributed by atoms with E-state index < -0.39 is 5.66 Å². The summed E-state index contributed by atoms with van der Waals surface area (Å²) in [7, 11) is 0. The number of hydrogen-bond donors (Lipinski definition) is 3. The second kappa shape index (κ2) is 9.74. The highest BCUT2D eigenvalue weighted by Gasteiger charge is 2.45. The van der Waals surface area contributed by atoms with Crippen molar-refractivity contribution in [3.05, 3.63) is 40.1 Å². The largest absolute Gasteiger partial charge is 0.379 e. The number of pyridine rings is 1. The number of aromatic nitrogens is 3. The van der Waals surface area contributed by atoms with E-state index in [0.29, 0.717) is 49.2 Å². The van der Waals surface area contributed by atoms with Gasteiger partial charge in [-0.3, -0.25) is 23.9 Å². The number of anilines is 3. The number of ether oxygens (including phenoxy) is 1. The molecule has 0 atom stereocenters. The molecule has 3 N–H and O–H groups in total. The molecule has 0 radical (unpaired) electrons. The fourth-order valence-electron chi connectivity index (χ4n) is 5.26. The molecule has 186 valence electrons. The van der Waals surface area contributed by atoms with Gasteiger partial charge in [-0.2, -0.15) is 0 Å². The Morgan fingerprint density at radius 2 is 1.86 bits per heavy atom. The Kier molecular flexibility index (Phi) is 6.52. The first-order valence-corrected chi connectivity index (χ1v) is 12.2. The van der Waals surface area contributed by atoms with Gasteiger partial charge in [0, 0.05) is 32.1 Å². The lowest BCUT2D eigenvalue weighted by atomic mass is 9.89. The fraction of sp³-hybridized carbons (Fsp3) is 0.542. The summed E-state index contributed by atoms with van der Waals surface area (Å²) < 4.78 is 6.97. The molecule has 0 unspecified atom stereocenters. The Morgan fingerprint density at radius 1 is 1.11 bits per heavy atom. The highest BCUT2D eigenvalue weighted by molar-refractivity contribution is 5.97. The van der Waals surface area contributed by atoms with Crippen molar-refractivity contribution in [2.75, 3.05) is 43.5 Å². The molecule has 11 heteroatoms. The molecule has 0 aromatic carbocycles. The van der Waals surface area contributed by atoms with Gasteiger partial charge in [-0.15, -0.1) is 0 Å². The lowest BCUT2D eigenvalue weighted by Crippen LogP contribution is -2.48. The van der Waals surface area contributed by atoms with Crippen molar-refractivity contribution in [2.24, 2.45) is 0 Å². The van der Waals surface area contributed by atoms with Crippen LogP contribution in [0.3, 0.4) is 0 Å². The summed E-state index contributed by atoms with van der Waals surface area (Å²) in [6, 6.07) is 3.28. The van der Waals surface area contributed by atoms with E-state index in [0.717, 1.165) is 50.8 Å². The average molecular weight is 482 g/mol. The van der Waals surface area contributed by atoms with Gasteiger partial charge in [0.25, 0.3) is 11.5 Å². The standard InChI is InChI=1S/C24H31N7O4/c1-16-13-17(23(34)31-21(16)22(33)29-24(31)6-3-2-4-7-24)27-18-14-19(26-15-25-18)28-20(32)5-8-30-9-11-35-12-10-30/h13-15H,2-12H2,1H3,(H,29,33)(H2,25,26,27,28,32). The van der Waals surface area contributed by atoms with Crippen molar-refractivity contribution < 1.29 is 14.3 Å². The van der Waals surface area contributed by atoms with E-state index in [9.17, 15) is 14.4 Å². The van der Waals surface area contributed by atoms with Gasteiger partial charge in [0.05, 0.1) is 13.2 Å². The first kappa shape index (κ1) is 23.4. The zero-order chi connectivity index (χ0) is 24.4. The van der Waals surface area contributed by atoms with Crippen LogP contribution >= 0.6 is 0 Å². The van der Waals surface area contributed by atoms with E-state index in [1.165, 1.54) is 6.33 Å².